The summed E-state index contributed by atoms with van der Waals surface area (Å²) in [5.74, 6) is -0.688. The van der Waals surface area contributed by atoms with Crippen molar-refractivity contribution in [1.29, 1.82) is 0 Å². The topological polar surface area (TPSA) is 78.9 Å². The lowest BCUT2D eigenvalue weighted by Crippen LogP contribution is -2.17. The van der Waals surface area contributed by atoms with Gasteiger partial charge in [0.2, 0.25) is 5.78 Å². The van der Waals surface area contributed by atoms with Gasteiger partial charge in [-0.3, -0.25) is 9.59 Å². The first-order chi connectivity index (χ1) is 14.9. The summed E-state index contributed by atoms with van der Waals surface area (Å²) in [6, 6.07) is 18.2. The van der Waals surface area contributed by atoms with Crippen LogP contribution in [-0.2, 0) is 4.74 Å². The van der Waals surface area contributed by atoms with E-state index in [9.17, 15) is 14.4 Å². The van der Waals surface area contributed by atoms with Gasteiger partial charge in [-0.1, -0.05) is 48.0 Å². The molecule has 3 aromatic rings. The lowest BCUT2D eigenvalue weighted by Gasteiger charge is -2.11. The number of aryl methyl sites for hydroxylation is 1. The summed E-state index contributed by atoms with van der Waals surface area (Å²) in [6.45, 7) is 1.42. The highest BCUT2D eigenvalue weighted by Gasteiger charge is 2.21. The van der Waals surface area contributed by atoms with Crippen LogP contribution in [0.15, 0.2) is 66.7 Å². The molecule has 0 aliphatic carbocycles. The van der Waals surface area contributed by atoms with E-state index in [1.165, 1.54) is 26.4 Å². The fourth-order valence-corrected chi connectivity index (χ4v) is 3.04. The van der Waals surface area contributed by atoms with Crippen LogP contribution in [-0.4, -0.2) is 38.4 Å². The van der Waals surface area contributed by atoms with Crippen molar-refractivity contribution in [2.45, 2.75) is 6.92 Å². The Labute approximate surface area is 180 Å². The molecule has 0 aliphatic rings. The number of methoxy groups -OCH3 is 2. The van der Waals surface area contributed by atoms with Crippen molar-refractivity contribution in [3.63, 3.8) is 0 Å². The molecule has 6 heteroatoms. The molecule has 0 radical (unpaired) electrons. The third-order valence-electron chi connectivity index (χ3n) is 4.75. The smallest absolute Gasteiger partial charge is 0.339 e. The van der Waals surface area contributed by atoms with Gasteiger partial charge in [-0.2, -0.15) is 0 Å². The molecule has 0 bridgehead atoms. The number of carbonyl (C=O) groups excluding carboxylic acids is 3. The number of benzene rings is 3. The largest absolute Gasteiger partial charge is 0.497 e. The Hall–Kier alpha value is -3.93. The van der Waals surface area contributed by atoms with E-state index < -0.39 is 18.4 Å². The molecule has 6 nitrogen and oxygen atoms in total. The molecule has 0 aromatic heterocycles. The third-order valence-corrected chi connectivity index (χ3v) is 4.75. The summed E-state index contributed by atoms with van der Waals surface area (Å²) in [5, 5.41) is 0. The van der Waals surface area contributed by atoms with Crippen LogP contribution in [0.4, 0.5) is 0 Å². The molecule has 0 heterocycles. The van der Waals surface area contributed by atoms with Crippen LogP contribution in [0, 0.1) is 6.92 Å². The SMILES string of the molecule is COc1ccc(OC)c(C(=O)COC(=O)c2ccccc2C(=O)c2ccc(C)cc2)c1. The molecule has 3 rings (SSSR count). The zero-order valence-electron chi connectivity index (χ0n) is 17.5. The average Bonchev–Trinajstić information content (AvgIpc) is 2.81. The van der Waals surface area contributed by atoms with Crippen molar-refractivity contribution in [2.24, 2.45) is 0 Å². The normalized spacial score (nSPS) is 10.3. The third kappa shape index (κ3) is 4.98. The molecule has 0 fully saturated rings. The monoisotopic (exact) mass is 418 g/mol. The van der Waals surface area contributed by atoms with Gasteiger partial charge < -0.3 is 14.2 Å². The Balaban J connectivity index is 1.78. The van der Waals surface area contributed by atoms with Crippen LogP contribution in [0.1, 0.15) is 42.2 Å². The maximum Gasteiger partial charge on any atom is 0.339 e. The molecule has 31 heavy (non-hydrogen) atoms. The van der Waals surface area contributed by atoms with E-state index in [1.54, 1.807) is 42.5 Å². The van der Waals surface area contributed by atoms with E-state index in [0.717, 1.165) is 5.56 Å². The lowest BCUT2D eigenvalue weighted by atomic mass is 9.98. The molecule has 0 amide bonds. The minimum atomic E-state index is -0.758. The number of hydrogen-bond donors (Lipinski definition) is 0. The first kappa shape index (κ1) is 21.8. The van der Waals surface area contributed by atoms with Crippen LogP contribution < -0.4 is 9.47 Å². The summed E-state index contributed by atoms with van der Waals surface area (Å²) >= 11 is 0. The second kappa shape index (κ2) is 9.71. The molecule has 158 valence electrons. The number of ketones is 2. The maximum atomic E-state index is 12.9. The molecule has 0 aliphatic heterocycles. The molecule has 0 unspecified atom stereocenters. The van der Waals surface area contributed by atoms with E-state index >= 15 is 0 Å². The van der Waals surface area contributed by atoms with Crippen LogP contribution >= 0.6 is 0 Å². The summed E-state index contributed by atoms with van der Waals surface area (Å²) in [6.07, 6.45) is 0. The molecule has 0 atom stereocenters. The van der Waals surface area contributed by atoms with Gasteiger partial charge >= 0.3 is 5.97 Å². The molecule has 3 aromatic carbocycles. The standard InChI is InChI=1S/C25H22O6/c1-16-8-10-17(11-9-16)24(27)19-6-4-5-7-20(19)25(28)31-15-22(26)21-14-18(29-2)12-13-23(21)30-3/h4-14H,15H2,1-3H3. The minimum Gasteiger partial charge on any atom is -0.497 e. The molecule has 0 saturated carbocycles. The van der Waals surface area contributed by atoms with Gasteiger partial charge in [0.25, 0.3) is 0 Å². The molecular formula is C25H22O6. The highest BCUT2D eigenvalue weighted by Crippen LogP contribution is 2.24. The second-order valence-corrected chi connectivity index (χ2v) is 6.81. The molecule has 0 saturated heterocycles. The summed E-state index contributed by atoms with van der Waals surface area (Å²) < 4.78 is 15.6. The lowest BCUT2D eigenvalue weighted by molar-refractivity contribution is 0.0472. The number of hydrogen-bond acceptors (Lipinski definition) is 6. The molecule has 0 spiro atoms. The average molecular weight is 418 g/mol. The first-order valence-corrected chi connectivity index (χ1v) is 9.57. The van der Waals surface area contributed by atoms with Gasteiger partial charge in [0.1, 0.15) is 11.5 Å². The molecule has 0 N–H and O–H groups in total. The van der Waals surface area contributed by atoms with Gasteiger partial charge in [-0.05, 0) is 31.2 Å². The number of rotatable bonds is 8. The van der Waals surface area contributed by atoms with Gasteiger partial charge in [-0.25, -0.2) is 4.79 Å². The Kier molecular flexibility index (Phi) is 6.82. The minimum absolute atomic E-state index is 0.0958. The number of esters is 1. The first-order valence-electron chi connectivity index (χ1n) is 9.57. The van der Waals surface area contributed by atoms with E-state index in [-0.39, 0.29) is 22.5 Å². The fourth-order valence-electron chi connectivity index (χ4n) is 3.04. The van der Waals surface area contributed by atoms with Crippen LogP contribution in [0.25, 0.3) is 0 Å². The van der Waals surface area contributed by atoms with Crippen molar-refractivity contribution in [3.8, 4) is 11.5 Å². The Morgan fingerprint density at radius 1 is 0.774 bits per heavy atom. The number of ether oxygens (including phenoxy) is 3. The second-order valence-electron chi connectivity index (χ2n) is 6.81. The predicted octanol–water partition coefficient (Wildman–Crippen LogP) is 4.28. The highest BCUT2D eigenvalue weighted by molar-refractivity contribution is 6.14. The van der Waals surface area contributed by atoms with Gasteiger partial charge in [-0.15, -0.1) is 0 Å². The Morgan fingerprint density at radius 2 is 1.45 bits per heavy atom. The van der Waals surface area contributed by atoms with E-state index in [0.29, 0.717) is 17.1 Å². The summed E-state index contributed by atoms with van der Waals surface area (Å²) in [7, 11) is 2.93. The van der Waals surface area contributed by atoms with Crippen LogP contribution in [0.5, 0.6) is 11.5 Å². The van der Waals surface area contributed by atoms with E-state index in [2.05, 4.69) is 0 Å². The predicted molar refractivity (Wildman–Crippen MR) is 115 cm³/mol. The number of carbonyl (C=O) groups is 3. The van der Waals surface area contributed by atoms with Gasteiger partial charge in [0.15, 0.2) is 12.4 Å². The number of Topliss-reactive ketones (excluding diaryl/α,β-unsaturated/α-hetero) is 1. The Bertz CT molecular complexity index is 1120. The van der Waals surface area contributed by atoms with Gasteiger partial charge in [0, 0.05) is 11.1 Å². The van der Waals surface area contributed by atoms with Crippen LogP contribution in [0.3, 0.4) is 0 Å². The fraction of sp³-hybridized carbons (Fsp3) is 0.160. The van der Waals surface area contributed by atoms with Crippen molar-refractivity contribution in [3.05, 3.63) is 94.5 Å². The maximum absolute atomic E-state index is 12.9. The van der Waals surface area contributed by atoms with Gasteiger partial charge in [0.05, 0.1) is 25.3 Å². The van der Waals surface area contributed by atoms with Crippen molar-refractivity contribution in [2.75, 3.05) is 20.8 Å². The zero-order valence-corrected chi connectivity index (χ0v) is 17.5. The zero-order chi connectivity index (χ0) is 22.4. The Morgan fingerprint density at radius 3 is 2.10 bits per heavy atom. The van der Waals surface area contributed by atoms with Crippen LogP contribution in [0.2, 0.25) is 0 Å². The van der Waals surface area contributed by atoms with E-state index in [4.69, 9.17) is 14.2 Å². The highest BCUT2D eigenvalue weighted by atomic mass is 16.5. The van der Waals surface area contributed by atoms with E-state index in [1.807, 2.05) is 19.1 Å². The quantitative estimate of drug-likeness (QED) is 0.401. The van der Waals surface area contributed by atoms with Crippen molar-refractivity contribution < 1.29 is 28.6 Å². The van der Waals surface area contributed by atoms with Crippen molar-refractivity contribution >= 4 is 17.5 Å². The summed E-state index contributed by atoms with van der Waals surface area (Å²) in [5.41, 5.74) is 2.03. The molecular weight excluding hydrogens is 396 g/mol. The summed E-state index contributed by atoms with van der Waals surface area (Å²) in [4.78, 5) is 38.2. The van der Waals surface area contributed by atoms with Crippen molar-refractivity contribution in [1.82, 2.24) is 0 Å².